The molecule has 1 amide bonds. The number of carbonyl (C=O) groups is 1. The molecule has 4 nitrogen and oxygen atoms in total. The predicted octanol–water partition coefficient (Wildman–Crippen LogP) is 1.75. The normalized spacial score (nSPS) is 21.7. The van der Waals surface area contributed by atoms with E-state index >= 15 is 0 Å². The van der Waals surface area contributed by atoms with Crippen LogP contribution in [-0.2, 0) is 4.79 Å². The summed E-state index contributed by atoms with van der Waals surface area (Å²) >= 11 is 0. The van der Waals surface area contributed by atoms with Gasteiger partial charge in [0.1, 0.15) is 0 Å². The molecule has 0 spiro atoms. The highest BCUT2D eigenvalue weighted by Crippen LogP contribution is 2.13. The highest BCUT2D eigenvalue weighted by molar-refractivity contribution is 5.81. The lowest BCUT2D eigenvalue weighted by Gasteiger charge is -2.36. The highest BCUT2D eigenvalue weighted by atomic mass is 16.2. The van der Waals surface area contributed by atoms with Crippen LogP contribution in [0.2, 0.25) is 0 Å². The van der Waals surface area contributed by atoms with Crippen molar-refractivity contribution >= 4 is 5.91 Å². The van der Waals surface area contributed by atoms with Gasteiger partial charge in [0.2, 0.25) is 5.91 Å². The van der Waals surface area contributed by atoms with Crippen LogP contribution in [-0.4, -0.2) is 48.6 Å². The Bertz CT molecular complexity index is 262. The monoisotopic (exact) mass is 269 g/mol. The average molecular weight is 269 g/mol. The van der Waals surface area contributed by atoms with Gasteiger partial charge in [0, 0.05) is 25.2 Å². The molecule has 0 radical (unpaired) electrons. The van der Waals surface area contributed by atoms with Crippen LogP contribution in [0.15, 0.2) is 0 Å². The van der Waals surface area contributed by atoms with E-state index in [9.17, 15) is 4.79 Å². The summed E-state index contributed by atoms with van der Waals surface area (Å²) in [5, 5.41) is 6.57. The zero-order chi connectivity index (χ0) is 14.3. The maximum Gasteiger partial charge on any atom is 0.237 e. The molecule has 1 heterocycles. The molecule has 0 saturated carbocycles. The van der Waals surface area contributed by atoms with Crippen molar-refractivity contribution in [1.29, 1.82) is 0 Å². The van der Waals surface area contributed by atoms with Gasteiger partial charge in [-0.2, -0.15) is 0 Å². The number of hydrogen-bond donors (Lipinski definition) is 2. The van der Waals surface area contributed by atoms with Gasteiger partial charge in [-0.3, -0.25) is 9.69 Å². The predicted molar refractivity (Wildman–Crippen MR) is 80.2 cm³/mol. The molecule has 0 aromatic heterocycles. The smallest absolute Gasteiger partial charge is 0.237 e. The number of hydrogen-bond acceptors (Lipinski definition) is 3. The Hall–Kier alpha value is -0.610. The number of nitrogens with zero attached hydrogens (tertiary/aromatic N) is 1. The van der Waals surface area contributed by atoms with Crippen LogP contribution in [0, 0.1) is 0 Å². The molecule has 112 valence electrons. The van der Waals surface area contributed by atoms with E-state index in [1.54, 1.807) is 0 Å². The molecule has 1 saturated heterocycles. The summed E-state index contributed by atoms with van der Waals surface area (Å²) < 4.78 is 0. The van der Waals surface area contributed by atoms with Gasteiger partial charge in [0.25, 0.3) is 0 Å². The molecule has 0 aromatic carbocycles. The minimum absolute atomic E-state index is 0.0460. The van der Waals surface area contributed by atoms with Crippen molar-refractivity contribution in [1.82, 2.24) is 15.5 Å². The SMILES string of the molecule is CCCNC(=O)C(C)N(CC1CCCCN1)C(C)C. The lowest BCUT2D eigenvalue weighted by molar-refractivity contribution is -0.126. The molecule has 2 unspecified atom stereocenters. The molecular weight excluding hydrogens is 238 g/mol. The fraction of sp³-hybridized carbons (Fsp3) is 0.933. The molecule has 2 atom stereocenters. The Kier molecular flexibility index (Phi) is 7.39. The summed E-state index contributed by atoms with van der Waals surface area (Å²) in [5.41, 5.74) is 0. The van der Waals surface area contributed by atoms with E-state index in [-0.39, 0.29) is 11.9 Å². The van der Waals surface area contributed by atoms with E-state index in [2.05, 4.69) is 36.3 Å². The third-order valence-electron chi connectivity index (χ3n) is 3.93. The van der Waals surface area contributed by atoms with E-state index in [0.29, 0.717) is 12.1 Å². The third-order valence-corrected chi connectivity index (χ3v) is 3.93. The molecule has 19 heavy (non-hydrogen) atoms. The van der Waals surface area contributed by atoms with Crippen LogP contribution in [0.25, 0.3) is 0 Å². The molecule has 0 aliphatic carbocycles. The van der Waals surface area contributed by atoms with Crippen LogP contribution in [0.5, 0.6) is 0 Å². The molecular formula is C15H31N3O. The van der Waals surface area contributed by atoms with E-state index < -0.39 is 0 Å². The van der Waals surface area contributed by atoms with Crippen molar-refractivity contribution in [2.75, 3.05) is 19.6 Å². The van der Waals surface area contributed by atoms with Gasteiger partial charge in [0.05, 0.1) is 6.04 Å². The molecule has 1 fully saturated rings. The molecule has 4 heteroatoms. The van der Waals surface area contributed by atoms with Gasteiger partial charge in [0.15, 0.2) is 0 Å². The second-order valence-electron chi connectivity index (χ2n) is 5.90. The van der Waals surface area contributed by atoms with Crippen molar-refractivity contribution < 1.29 is 4.79 Å². The van der Waals surface area contributed by atoms with Gasteiger partial charge in [-0.1, -0.05) is 13.3 Å². The van der Waals surface area contributed by atoms with Gasteiger partial charge < -0.3 is 10.6 Å². The lowest BCUT2D eigenvalue weighted by Crippen LogP contribution is -2.53. The maximum atomic E-state index is 12.1. The highest BCUT2D eigenvalue weighted by Gasteiger charge is 2.26. The summed E-state index contributed by atoms with van der Waals surface area (Å²) in [6, 6.07) is 0.888. The van der Waals surface area contributed by atoms with E-state index in [1.165, 1.54) is 19.3 Å². The largest absolute Gasteiger partial charge is 0.355 e. The number of rotatable bonds is 7. The summed E-state index contributed by atoms with van der Waals surface area (Å²) in [4.78, 5) is 14.4. The van der Waals surface area contributed by atoms with Crippen LogP contribution < -0.4 is 10.6 Å². The van der Waals surface area contributed by atoms with Crippen LogP contribution in [0.3, 0.4) is 0 Å². The van der Waals surface area contributed by atoms with Crippen LogP contribution >= 0.6 is 0 Å². The second kappa shape index (κ2) is 8.54. The first-order valence-electron chi connectivity index (χ1n) is 7.83. The molecule has 1 aliphatic heterocycles. The van der Waals surface area contributed by atoms with Gasteiger partial charge in [-0.15, -0.1) is 0 Å². The fourth-order valence-corrected chi connectivity index (χ4v) is 2.70. The Morgan fingerprint density at radius 3 is 2.63 bits per heavy atom. The average Bonchev–Trinajstić information content (AvgIpc) is 2.42. The van der Waals surface area contributed by atoms with Gasteiger partial charge in [-0.25, -0.2) is 0 Å². The number of carbonyl (C=O) groups excluding carboxylic acids is 1. The van der Waals surface area contributed by atoms with Crippen molar-refractivity contribution in [3.63, 3.8) is 0 Å². The Labute approximate surface area is 118 Å². The number of amides is 1. The maximum absolute atomic E-state index is 12.1. The quantitative estimate of drug-likeness (QED) is 0.740. The summed E-state index contributed by atoms with van der Waals surface area (Å²) in [7, 11) is 0. The Morgan fingerprint density at radius 2 is 2.11 bits per heavy atom. The molecule has 1 aliphatic rings. The Morgan fingerprint density at radius 1 is 1.37 bits per heavy atom. The number of piperidine rings is 1. The minimum Gasteiger partial charge on any atom is -0.355 e. The zero-order valence-electron chi connectivity index (χ0n) is 13.0. The zero-order valence-corrected chi connectivity index (χ0v) is 13.0. The molecule has 1 rings (SSSR count). The number of nitrogens with one attached hydrogen (secondary N) is 2. The molecule has 0 bridgehead atoms. The molecule has 2 N–H and O–H groups in total. The van der Waals surface area contributed by atoms with E-state index in [4.69, 9.17) is 0 Å². The first-order valence-corrected chi connectivity index (χ1v) is 7.83. The van der Waals surface area contributed by atoms with E-state index in [1.807, 2.05) is 6.92 Å². The minimum atomic E-state index is -0.0460. The van der Waals surface area contributed by atoms with E-state index in [0.717, 1.165) is 26.1 Å². The summed E-state index contributed by atoms with van der Waals surface area (Å²) in [6.45, 7) is 11.3. The topological polar surface area (TPSA) is 44.4 Å². The van der Waals surface area contributed by atoms with Crippen molar-refractivity contribution in [3.05, 3.63) is 0 Å². The van der Waals surface area contributed by atoms with Gasteiger partial charge in [-0.05, 0) is 46.6 Å². The summed E-state index contributed by atoms with van der Waals surface area (Å²) in [5.74, 6) is 0.159. The van der Waals surface area contributed by atoms with Crippen molar-refractivity contribution in [2.45, 2.75) is 71.5 Å². The first-order chi connectivity index (χ1) is 9.06. The summed E-state index contributed by atoms with van der Waals surface area (Å²) in [6.07, 6.45) is 4.81. The lowest BCUT2D eigenvalue weighted by atomic mass is 10.0. The molecule has 0 aromatic rings. The van der Waals surface area contributed by atoms with Gasteiger partial charge >= 0.3 is 0 Å². The fourth-order valence-electron chi connectivity index (χ4n) is 2.70. The van der Waals surface area contributed by atoms with Crippen LogP contribution in [0.1, 0.15) is 53.4 Å². The van der Waals surface area contributed by atoms with Crippen LogP contribution in [0.4, 0.5) is 0 Å². The van der Waals surface area contributed by atoms with Crippen molar-refractivity contribution in [3.8, 4) is 0 Å². The second-order valence-corrected chi connectivity index (χ2v) is 5.90. The van der Waals surface area contributed by atoms with Crippen molar-refractivity contribution in [2.24, 2.45) is 0 Å². The standard InChI is InChI=1S/C15H31N3O/c1-5-9-17-15(19)13(4)18(12(2)3)11-14-8-6-7-10-16-14/h12-14,16H,5-11H2,1-4H3,(H,17,19). The third kappa shape index (κ3) is 5.49. The first kappa shape index (κ1) is 16.4. The Balaban J connectivity index is 2.52.